The highest BCUT2D eigenvalue weighted by atomic mass is 79.9. The van der Waals surface area contributed by atoms with Crippen molar-refractivity contribution in [2.75, 3.05) is 18.5 Å². The van der Waals surface area contributed by atoms with Crippen molar-refractivity contribution in [1.82, 2.24) is 5.32 Å². The van der Waals surface area contributed by atoms with Gasteiger partial charge >= 0.3 is 0 Å². The van der Waals surface area contributed by atoms with Crippen LogP contribution in [0.2, 0.25) is 0 Å². The fourth-order valence-electron chi connectivity index (χ4n) is 2.66. The van der Waals surface area contributed by atoms with Gasteiger partial charge in [0.05, 0.1) is 23.2 Å². The van der Waals surface area contributed by atoms with Gasteiger partial charge in [0, 0.05) is 6.54 Å². The molecule has 2 N–H and O–H groups in total. The highest BCUT2D eigenvalue weighted by Crippen LogP contribution is 2.25. The van der Waals surface area contributed by atoms with Gasteiger partial charge in [0.25, 0.3) is 0 Å². The summed E-state index contributed by atoms with van der Waals surface area (Å²) in [6, 6.07) is 10.9. The first-order chi connectivity index (χ1) is 11.6. The van der Waals surface area contributed by atoms with Gasteiger partial charge in [-0.2, -0.15) is 0 Å². The van der Waals surface area contributed by atoms with Crippen molar-refractivity contribution in [1.29, 1.82) is 0 Å². The molecule has 0 atom stereocenters. The summed E-state index contributed by atoms with van der Waals surface area (Å²) in [5, 5.41) is 5.84. The number of anilines is 1. The molecule has 4 nitrogen and oxygen atoms in total. The maximum absolute atomic E-state index is 14.5. The van der Waals surface area contributed by atoms with E-state index < -0.39 is 0 Å². The Bertz CT molecular complexity index is 758. The van der Waals surface area contributed by atoms with Crippen LogP contribution in [0.5, 0.6) is 5.75 Å². The smallest absolute Gasteiger partial charge is 0.227 e. The summed E-state index contributed by atoms with van der Waals surface area (Å²) >= 11 is 3.38. The zero-order valence-electron chi connectivity index (χ0n) is 13.5. The van der Waals surface area contributed by atoms with Crippen LogP contribution in [0.15, 0.2) is 40.9 Å². The minimum Gasteiger partial charge on any atom is -0.492 e. The summed E-state index contributed by atoms with van der Waals surface area (Å²) < 4.78 is 20.9. The molecule has 2 aromatic carbocycles. The van der Waals surface area contributed by atoms with Gasteiger partial charge in [-0.15, -0.1) is 12.4 Å². The van der Waals surface area contributed by atoms with Crippen molar-refractivity contribution in [3.05, 3.63) is 57.8 Å². The predicted octanol–water partition coefficient (Wildman–Crippen LogP) is 4.06. The molecule has 0 saturated carbocycles. The van der Waals surface area contributed by atoms with Crippen molar-refractivity contribution < 1.29 is 13.9 Å². The third kappa shape index (κ3) is 4.93. The Hall–Kier alpha value is -1.63. The monoisotopic (exact) mass is 428 g/mol. The number of carbonyl (C=O) groups excluding carboxylic acids is 1. The van der Waals surface area contributed by atoms with Crippen molar-refractivity contribution in [2.45, 2.75) is 19.4 Å². The van der Waals surface area contributed by atoms with Crippen LogP contribution in [-0.2, 0) is 17.8 Å². The molecule has 1 aliphatic rings. The minimum atomic E-state index is -0.325. The lowest BCUT2D eigenvalue weighted by molar-refractivity contribution is -0.116. The van der Waals surface area contributed by atoms with E-state index in [1.807, 2.05) is 30.3 Å². The first kappa shape index (κ1) is 19.7. The van der Waals surface area contributed by atoms with Crippen molar-refractivity contribution >= 4 is 39.9 Å². The molecule has 0 unspecified atom stereocenters. The Labute approximate surface area is 160 Å². The number of fused-ring (bicyclic) bond motifs is 1. The molecule has 0 aromatic heterocycles. The van der Waals surface area contributed by atoms with Crippen LogP contribution in [0.4, 0.5) is 10.1 Å². The van der Waals surface area contributed by atoms with E-state index in [0.29, 0.717) is 24.3 Å². The first-order valence-electron chi connectivity index (χ1n) is 7.83. The molecular weight excluding hydrogens is 411 g/mol. The van der Waals surface area contributed by atoms with Crippen LogP contribution in [-0.4, -0.2) is 19.1 Å². The van der Waals surface area contributed by atoms with Gasteiger partial charge in [-0.05, 0) is 58.2 Å². The van der Waals surface area contributed by atoms with Gasteiger partial charge in [-0.1, -0.05) is 18.2 Å². The van der Waals surface area contributed by atoms with E-state index >= 15 is 0 Å². The number of para-hydroxylation sites is 1. The van der Waals surface area contributed by atoms with E-state index in [1.54, 1.807) is 6.07 Å². The van der Waals surface area contributed by atoms with E-state index in [0.717, 1.165) is 16.6 Å². The molecule has 3 rings (SSSR count). The quantitative estimate of drug-likeness (QED) is 0.753. The fourth-order valence-corrected chi connectivity index (χ4v) is 3.06. The molecule has 1 aliphatic heterocycles. The molecular formula is C18H19BrClFN2O2. The van der Waals surface area contributed by atoms with Gasteiger partial charge in [0.2, 0.25) is 5.91 Å². The van der Waals surface area contributed by atoms with E-state index in [2.05, 4.69) is 26.6 Å². The molecule has 0 saturated heterocycles. The zero-order chi connectivity index (χ0) is 16.9. The van der Waals surface area contributed by atoms with Crippen molar-refractivity contribution in [3.8, 4) is 5.75 Å². The third-order valence-electron chi connectivity index (χ3n) is 3.90. The van der Waals surface area contributed by atoms with Crippen molar-refractivity contribution in [2.24, 2.45) is 0 Å². The zero-order valence-corrected chi connectivity index (χ0v) is 15.9. The van der Waals surface area contributed by atoms with Gasteiger partial charge < -0.3 is 15.4 Å². The van der Waals surface area contributed by atoms with Crippen LogP contribution in [0.1, 0.15) is 17.5 Å². The average Bonchev–Trinajstić information content (AvgIpc) is 2.59. The summed E-state index contributed by atoms with van der Waals surface area (Å²) in [4.78, 5) is 12.0. The normalized spacial score (nSPS) is 12.7. The van der Waals surface area contributed by atoms with Gasteiger partial charge in [-0.25, -0.2) is 4.39 Å². The van der Waals surface area contributed by atoms with Crippen LogP contribution >= 0.6 is 28.3 Å². The molecule has 1 heterocycles. The van der Waals surface area contributed by atoms with Crippen LogP contribution in [0.3, 0.4) is 0 Å². The minimum absolute atomic E-state index is 0. The first-order valence-corrected chi connectivity index (χ1v) is 8.62. The van der Waals surface area contributed by atoms with Gasteiger partial charge in [0.15, 0.2) is 0 Å². The van der Waals surface area contributed by atoms with Crippen LogP contribution in [0, 0.1) is 5.82 Å². The summed E-state index contributed by atoms with van der Waals surface area (Å²) in [7, 11) is 0. The number of hydrogen-bond donors (Lipinski definition) is 2. The summed E-state index contributed by atoms with van der Waals surface area (Å²) in [5.41, 5.74) is 1.88. The highest BCUT2D eigenvalue weighted by Gasteiger charge is 2.17. The summed E-state index contributed by atoms with van der Waals surface area (Å²) in [5.74, 6) is 0.0849. The predicted molar refractivity (Wildman–Crippen MR) is 102 cm³/mol. The molecule has 0 radical (unpaired) electrons. The molecule has 25 heavy (non-hydrogen) atoms. The molecule has 0 bridgehead atoms. The second-order valence-corrected chi connectivity index (χ2v) is 6.42. The number of benzene rings is 2. The number of amides is 1. The fraction of sp³-hybridized carbons (Fsp3) is 0.278. The topological polar surface area (TPSA) is 50.4 Å². The molecule has 7 heteroatoms. The summed E-state index contributed by atoms with van der Waals surface area (Å²) in [6.45, 7) is 1.65. The van der Waals surface area contributed by atoms with Gasteiger partial charge in [0.1, 0.15) is 11.6 Å². The number of halogens is 3. The number of carbonyl (C=O) groups is 1. The Balaban J connectivity index is 0.00000225. The molecule has 0 spiro atoms. The Morgan fingerprint density at radius 1 is 1.28 bits per heavy atom. The number of hydrogen-bond acceptors (Lipinski definition) is 3. The molecule has 0 aliphatic carbocycles. The molecule has 0 fully saturated rings. The number of rotatable bonds is 5. The molecule has 134 valence electrons. The number of nitrogens with one attached hydrogen (secondary N) is 2. The van der Waals surface area contributed by atoms with E-state index in [-0.39, 0.29) is 42.8 Å². The van der Waals surface area contributed by atoms with E-state index in [9.17, 15) is 9.18 Å². The van der Waals surface area contributed by atoms with Crippen molar-refractivity contribution in [3.63, 3.8) is 0 Å². The number of ether oxygens (including phenoxy) is 1. The second-order valence-electron chi connectivity index (χ2n) is 5.57. The highest BCUT2D eigenvalue weighted by molar-refractivity contribution is 9.10. The molecule has 1 amide bonds. The Morgan fingerprint density at radius 3 is 2.88 bits per heavy atom. The van der Waals surface area contributed by atoms with Gasteiger partial charge in [-0.3, -0.25) is 4.79 Å². The van der Waals surface area contributed by atoms with Crippen LogP contribution in [0.25, 0.3) is 0 Å². The van der Waals surface area contributed by atoms with E-state index in [4.69, 9.17) is 4.74 Å². The lowest BCUT2D eigenvalue weighted by Crippen LogP contribution is -2.25. The largest absolute Gasteiger partial charge is 0.492 e. The van der Waals surface area contributed by atoms with E-state index in [1.165, 1.54) is 0 Å². The summed E-state index contributed by atoms with van der Waals surface area (Å²) in [6.07, 6.45) is 0.787. The maximum atomic E-state index is 14.5. The lowest BCUT2D eigenvalue weighted by Gasteiger charge is -2.19. The Kier molecular flexibility index (Phi) is 7.23. The maximum Gasteiger partial charge on any atom is 0.227 e. The third-order valence-corrected chi connectivity index (χ3v) is 4.56. The standard InChI is InChI=1S/C18H18BrFN2O2.ClH/c19-14-3-1-2-4-16(14)24-10-8-17(23)22-15-6-5-12-11-21-9-7-13(12)18(15)20;/h1-6,21H,7-11H2,(H,22,23);1H. The average molecular weight is 430 g/mol. The lowest BCUT2D eigenvalue weighted by atomic mass is 9.99. The second kappa shape index (κ2) is 9.17. The van der Waals surface area contributed by atoms with Crippen LogP contribution < -0.4 is 15.4 Å². The SMILES string of the molecule is Cl.O=C(CCOc1ccccc1Br)Nc1ccc2c(c1F)CCNC2. The Morgan fingerprint density at radius 2 is 2.08 bits per heavy atom. The molecule has 2 aromatic rings.